The van der Waals surface area contributed by atoms with Crippen molar-refractivity contribution in [3.63, 3.8) is 0 Å². The van der Waals surface area contributed by atoms with E-state index in [0.29, 0.717) is 26.5 Å². The van der Waals surface area contributed by atoms with Gasteiger partial charge < -0.3 is 0 Å². The number of hydrogen-bond acceptors (Lipinski definition) is 5. The Morgan fingerprint density at radius 2 is 1.84 bits per heavy atom. The molecule has 1 aromatic heterocycles. The summed E-state index contributed by atoms with van der Waals surface area (Å²) in [4.78, 5) is 12.3. The summed E-state index contributed by atoms with van der Waals surface area (Å²) in [7, 11) is 0. The third kappa shape index (κ3) is 4.52. The van der Waals surface area contributed by atoms with Crippen LogP contribution in [0.4, 0.5) is 5.13 Å². The third-order valence-electron chi connectivity index (χ3n) is 3.42. The molecule has 4 nitrogen and oxygen atoms in total. The number of anilines is 1. The Morgan fingerprint density at radius 3 is 2.56 bits per heavy atom. The van der Waals surface area contributed by atoms with E-state index in [1.54, 1.807) is 18.2 Å². The Hall–Kier alpha value is -1.60. The predicted molar refractivity (Wildman–Crippen MR) is 105 cm³/mol. The SMILES string of the molecule is Cc1ccccc1C(=O)Nc1nnc(SCc2c(Cl)cccc2Cl)s1. The van der Waals surface area contributed by atoms with Crippen molar-refractivity contribution in [3.8, 4) is 0 Å². The van der Waals surface area contributed by atoms with Gasteiger partial charge in [-0.3, -0.25) is 10.1 Å². The number of thioether (sulfide) groups is 1. The Kier molecular flexibility index (Phi) is 5.96. The van der Waals surface area contributed by atoms with Crippen molar-refractivity contribution in [2.75, 3.05) is 5.32 Å². The lowest BCUT2D eigenvalue weighted by Gasteiger charge is -2.04. The Balaban J connectivity index is 1.65. The summed E-state index contributed by atoms with van der Waals surface area (Å²) in [5.74, 6) is 0.388. The molecule has 1 heterocycles. The minimum absolute atomic E-state index is 0.194. The van der Waals surface area contributed by atoms with Gasteiger partial charge in [-0.2, -0.15) is 0 Å². The van der Waals surface area contributed by atoms with Crippen LogP contribution in [0, 0.1) is 6.92 Å². The van der Waals surface area contributed by atoms with E-state index in [0.717, 1.165) is 15.5 Å². The number of benzene rings is 2. The number of amides is 1. The normalized spacial score (nSPS) is 10.7. The van der Waals surface area contributed by atoms with Crippen molar-refractivity contribution in [3.05, 3.63) is 69.2 Å². The number of hydrogen-bond donors (Lipinski definition) is 1. The summed E-state index contributed by atoms with van der Waals surface area (Å²) in [6.07, 6.45) is 0. The van der Waals surface area contributed by atoms with Gasteiger partial charge in [0, 0.05) is 21.4 Å². The molecule has 0 atom stereocenters. The average Bonchev–Trinajstić information content (AvgIpc) is 3.02. The zero-order valence-electron chi connectivity index (χ0n) is 13.1. The summed E-state index contributed by atoms with van der Waals surface area (Å²) in [5.41, 5.74) is 2.39. The number of carbonyl (C=O) groups is 1. The zero-order valence-corrected chi connectivity index (χ0v) is 16.3. The highest BCUT2D eigenvalue weighted by Gasteiger charge is 2.13. The molecule has 8 heteroatoms. The first-order valence-electron chi connectivity index (χ1n) is 7.31. The lowest BCUT2D eigenvalue weighted by molar-refractivity contribution is 0.102. The highest BCUT2D eigenvalue weighted by Crippen LogP contribution is 2.33. The minimum Gasteiger partial charge on any atom is -0.296 e. The van der Waals surface area contributed by atoms with E-state index in [9.17, 15) is 4.79 Å². The van der Waals surface area contributed by atoms with Crippen molar-refractivity contribution in [1.82, 2.24) is 10.2 Å². The molecule has 0 aliphatic carbocycles. The molecule has 2 aromatic carbocycles. The number of carbonyl (C=O) groups excluding carboxylic acids is 1. The summed E-state index contributed by atoms with van der Waals surface area (Å²) in [6.45, 7) is 1.89. The van der Waals surface area contributed by atoms with Gasteiger partial charge in [-0.15, -0.1) is 10.2 Å². The van der Waals surface area contributed by atoms with Gasteiger partial charge in [0.25, 0.3) is 5.91 Å². The van der Waals surface area contributed by atoms with Crippen LogP contribution < -0.4 is 5.32 Å². The van der Waals surface area contributed by atoms with Crippen molar-refractivity contribution in [1.29, 1.82) is 0 Å². The van der Waals surface area contributed by atoms with E-state index in [-0.39, 0.29) is 5.91 Å². The van der Waals surface area contributed by atoms with E-state index < -0.39 is 0 Å². The van der Waals surface area contributed by atoms with Crippen LogP contribution in [0.5, 0.6) is 0 Å². The third-order valence-corrected chi connectivity index (χ3v) is 6.13. The molecule has 0 unspecified atom stereocenters. The lowest BCUT2D eigenvalue weighted by Crippen LogP contribution is -2.12. The van der Waals surface area contributed by atoms with E-state index in [4.69, 9.17) is 23.2 Å². The van der Waals surface area contributed by atoms with Crippen LogP contribution in [0.2, 0.25) is 10.0 Å². The maximum atomic E-state index is 12.3. The topological polar surface area (TPSA) is 54.9 Å². The number of halogens is 2. The van der Waals surface area contributed by atoms with Crippen LogP contribution in [-0.4, -0.2) is 16.1 Å². The second kappa shape index (κ2) is 8.19. The van der Waals surface area contributed by atoms with Gasteiger partial charge >= 0.3 is 0 Å². The fourth-order valence-corrected chi connectivity index (χ4v) is 4.60. The summed E-state index contributed by atoms with van der Waals surface area (Å²) in [6, 6.07) is 12.8. The number of nitrogens with one attached hydrogen (secondary N) is 1. The number of nitrogens with zero attached hydrogens (tertiary/aromatic N) is 2. The van der Waals surface area contributed by atoms with Crippen LogP contribution in [0.1, 0.15) is 21.5 Å². The molecular formula is C17H13Cl2N3OS2. The molecule has 0 spiro atoms. The molecule has 0 saturated heterocycles. The molecule has 0 aliphatic heterocycles. The fourth-order valence-electron chi connectivity index (χ4n) is 2.11. The molecule has 0 fully saturated rings. The highest BCUT2D eigenvalue weighted by atomic mass is 35.5. The maximum absolute atomic E-state index is 12.3. The molecule has 25 heavy (non-hydrogen) atoms. The van der Waals surface area contributed by atoms with E-state index in [1.807, 2.05) is 31.2 Å². The minimum atomic E-state index is -0.194. The first-order valence-corrected chi connectivity index (χ1v) is 9.86. The quantitative estimate of drug-likeness (QED) is 0.433. The smallest absolute Gasteiger partial charge is 0.257 e. The molecule has 3 rings (SSSR count). The fraction of sp³-hybridized carbons (Fsp3) is 0.118. The molecule has 3 aromatic rings. The van der Waals surface area contributed by atoms with Gasteiger partial charge in [-0.05, 0) is 36.2 Å². The average molecular weight is 410 g/mol. The summed E-state index contributed by atoms with van der Waals surface area (Å²) in [5, 5.41) is 12.6. The van der Waals surface area contributed by atoms with Gasteiger partial charge in [0.05, 0.1) is 0 Å². The Morgan fingerprint density at radius 1 is 1.12 bits per heavy atom. The van der Waals surface area contributed by atoms with E-state index in [1.165, 1.54) is 23.1 Å². The molecule has 0 saturated carbocycles. The van der Waals surface area contributed by atoms with Crippen LogP contribution in [0.15, 0.2) is 46.8 Å². The number of aryl methyl sites for hydroxylation is 1. The zero-order chi connectivity index (χ0) is 17.8. The molecule has 1 amide bonds. The Labute approximate surface area is 163 Å². The van der Waals surface area contributed by atoms with Crippen LogP contribution in [0.3, 0.4) is 0 Å². The monoisotopic (exact) mass is 409 g/mol. The summed E-state index contributed by atoms with van der Waals surface area (Å²) >= 11 is 15.1. The highest BCUT2D eigenvalue weighted by molar-refractivity contribution is 8.00. The molecular weight excluding hydrogens is 397 g/mol. The molecule has 0 bridgehead atoms. The number of rotatable bonds is 5. The van der Waals surface area contributed by atoms with Gasteiger partial charge in [-0.25, -0.2) is 0 Å². The molecule has 0 aliphatic rings. The van der Waals surface area contributed by atoms with Crippen LogP contribution in [-0.2, 0) is 5.75 Å². The van der Waals surface area contributed by atoms with Crippen LogP contribution >= 0.6 is 46.3 Å². The second-order valence-corrected chi connectivity index (χ2v) is 8.15. The van der Waals surface area contributed by atoms with Crippen molar-refractivity contribution in [2.24, 2.45) is 0 Å². The summed E-state index contributed by atoms with van der Waals surface area (Å²) < 4.78 is 0.732. The van der Waals surface area contributed by atoms with Crippen molar-refractivity contribution in [2.45, 2.75) is 17.0 Å². The Bertz CT molecular complexity index is 894. The number of aromatic nitrogens is 2. The van der Waals surface area contributed by atoms with Crippen LogP contribution in [0.25, 0.3) is 0 Å². The predicted octanol–water partition coefficient (Wildman–Crippen LogP) is 5.70. The van der Waals surface area contributed by atoms with Gasteiger partial charge in [0.1, 0.15) is 0 Å². The molecule has 128 valence electrons. The maximum Gasteiger partial charge on any atom is 0.257 e. The van der Waals surface area contributed by atoms with Gasteiger partial charge in [0.15, 0.2) is 4.34 Å². The van der Waals surface area contributed by atoms with Crippen molar-refractivity contribution < 1.29 is 4.79 Å². The van der Waals surface area contributed by atoms with Gasteiger partial charge in [0.2, 0.25) is 5.13 Å². The standard InChI is InChI=1S/C17H13Cl2N3OS2/c1-10-5-2-3-6-11(10)15(23)20-16-21-22-17(25-16)24-9-12-13(18)7-4-8-14(12)19/h2-8H,9H2,1H3,(H,20,21,23). The lowest BCUT2D eigenvalue weighted by atomic mass is 10.1. The molecule has 0 radical (unpaired) electrons. The first-order chi connectivity index (χ1) is 12.0. The largest absolute Gasteiger partial charge is 0.296 e. The van der Waals surface area contributed by atoms with Crippen molar-refractivity contribution >= 4 is 57.3 Å². The van der Waals surface area contributed by atoms with Gasteiger partial charge in [-0.1, -0.05) is 70.6 Å². The second-order valence-electron chi connectivity index (χ2n) is 5.13. The molecule has 1 N–H and O–H groups in total. The van der Waals surface area contributed by atoms with E-state index in [2.05, 4.69) is 15.5 Å². The first kappa shape index (κ1) is 18.2. The van der Waals surface area contributed by atoms with E-state index >= 15 is 0 Å².